The summed E-state index contributed by atoms with van der Waals surface area (Å²) in [5.41, 5.74) is 0. The van der Waals surface area contributed by atoms with Gasteiger partial charge in [-0.15, -0.1) is 0 Å². The summed E-state index contributed by atoms with van der Waals surface area (Å²) in [6.45, 7) is 7.83. The number of carbonyl (C=O) groups excluding carboxylic acids is 2. The number of carbonyl (C=O) groups is 2. The highest BCUT2D eigenvalue weighted by Gasteiger charge is 2.47. The highest BCUT2D eigenvalue weighted by atomic mass is 16.2. The molecule has 1 fully saturated rings. The highest BCUT2D eigenvalue weighted by molar-refractivity contribution is 5.89. The van der Waals surface area contributed by atoms with E-state index in [9.17, 15) is 9.59 Å². The number of rotatable bonds is 4. The van der Waals surface area contributed by atoms with Crippen LogP contribution in [0, 0.1) is 23.7 Å². The fourth-order valence-electron chi connectivity index (χ4n) is 3.47. The van der Waals surface area contributed by atoms with Crippen LogP contribution in [-0.2, 0) is 9.59 Å². The number of fused-ring (bicyclic) bond motifs is 2. The van der Waals surface area contributed by atoms with Gasteiger partial charge in [0.15, 0.2) is 0 Å². The maximum absolute atomic E-state index is 12.5. The lowest BCUT2D eigenvalue weighted by atomic mass is 9.61. The van der Waals surface area contributed by atoms with Crippen molar-refractivity contribution in [1.82, 2.24) is 10.6 Å². The third-order valence-corrected chi connectivity index (χ3v) is 4.22. The molecule has 0 heterocycles. The zero-order valence-electron chi connectivity index (χ0n) is 12.8. The predicted molar refractivity (Wildman–Crippen MR) is 78.9 cm³/mol. The van der Waals surface area contributed by atoms with E-state index in [1.54, 1.807) is 0 Å². The molecule has 0 aliphatic heterocycles. The molecule has 0 spiro atoms. The Morgan fingerprint density at radius 3 is 1.45 bits per heavy atom. The first-order chi connectivity index (χ1) is 9.40. The van der Waals surface area contributed by atoms with Crippen molar-refractivity contribution in [3.63, 3.8) is 0 Å². The monoisotopic (exact) mass is 278 g/mol. The summed E-state index contributed by atoms with van der Waals surface area (Å²) in [4.78, 5) is 24.9. The van der Waals surface area contributed by atoms with Crippen molar-refractivity contribution >= 4 is 11.8 Å². The van der Waals surface area contributed by atoms with Gasteiger partial charge in [-0.25, -0.2) is 0 Å². The summed E-state index contributed by atoms with van der Waals surface area (Å²) in [5, 5.41) is 5.97. The average molecular weight is 278 g/mol. The Morgan fingerprint density at radius 1 is 0.850 bits per heavy atom. The minimum absolute atomic E-state index is 0.0305. The Kier molecular flexibility index (Phi) is 4.51. The van der Waals surface area contributed by atoms with Gasteiger partial charge in [0.25, 0.3) is 0 Å². The minimum atomic E-state index is -0.208. The van der Waals surface area contributed by atoms with Gasteiger partial charge in [-0.1, -0.05) is 12.2 Å². The summed E-state index contributed by atoms with van der Waals surface area (Å²) < 4.78 is 0. The van der Waals surface area contributed by atoms with Gasteiger partial charge < -0.3 is 10.6 Å². The van der Waals surface area contributed by atoms with E-state index in [0.717, 1.165) is 12.8 Å². The second kappa shape index (κ2) is 5.98. The number of allylic oxidation sites excluding steroid dienone is 2. The Hall–Kier alpha value is -1.32. The molecular formula is C16H26N2O2. The topological polar surface area (TPSA) is 58.2 Å². The van der Waals surface area contributed by atoms with Gasteiger partial charge in [0.2, 0.25) is 11.8 Å². The molecular weight excluding hydrogens is 252 g/mol. The average Bonchev–Trinajstić information content (AvgIpc) is 2.37. The van der Waals surface area contributed by atoms with Crippen molar-refractivity contribution in [3.05, 3.63) is 12.2 Å². The first kappa shape index (κ1) is 15.1. The summed E-state index contributed by atoms with van der Waals surface area (Å²) >= 11 is 0. The molecule has 3 rings (SSSR count). The van der Waals surface area contributed by atoms with Crippen LogP contribution in [0.2, 0.25) is 0 Å². The molecule has 4 nitrogen and oxygen atoms in total. The van der Waals surface area contributed by atoms with Crippen LogP contribution in [0.25, 0.3) is 0 Å². The van der Waals surface area contributed by atoms with Crippen molar-refractivity contribution < 1.29 is 9.59 Å². The van der Waals surface area contributed by atoms with Crippen LogP contribution in [0.4, 0.5) is 0 Å². The second-order valence-corrected chi connectivity index (χ2v) is 6.67. The lowest BCUT2D eigenvalue weighted by molar-refractivity contribution is -0.141. The van der Waals surface area contributed by atoms with Crippen LogP contribution in [0.3, 0.4) is 0 Å². The molecule has 3 aliphatic rings. The summed E-state index contributed by atoms with van der Waals surface area (Å²) in [5.74, 6) is 0.0639. The van der Waals surface area contributed by atoms with Crippen LogP contribution < -0.4 is 10.6 Å². The molecule has 4 heteroatoms. The van der Waals surface area contributed by atoms with Gasteiger partial charge in [-0.3, -0.25) is 9.59 Å². The largest absolute Gasteiger partial charge is 0.354 e. The minimum Gasteiger partial charge on any atom is -0.354 e. The molecule has 0 aromatic carbocycles. The SMILES string of the molecule is CC(C)NC(=O)C1C2C=CC(CC2)C1C(=O)NC(C)C. The fraction of sp³-hybridized carbons (Fsp3) is 0.750. The quantitative estimate of drug-likeness (QED) is 0.771. The van der Waals surface area contributed by atoms with E-state index in [1.807, 2.05) is 27.7 Å². The number of hydrogen-bond donors (Lipinski definition) is 2. The molecule has 4 unspecified atom stereocenters. The van der Waals surface area contributed by atoms with E-state index in [0.29, 0.717) is 0 Å². The molecule has 0 aromatic rings. The van der Waals surface area contributed by atoms with E-state index in [-0.39, 0.29) is 47.6 Å². The molecule has 2 bridgehead atoms. The highest BCUT2D eigenvalue weighted by Crippen LogP contribution is 2.45. The van der Waals surface area contributed by atoms with E-state index in [2.05, 4.69) is 22.8 Å². The Balaban J connectivity index is 2.19. The summed E-state index contributed by atoms with van der Waals surface area (Å²) in [6.07, 6.45) is 6.31. The van der Waals surface area contributed by atoms with Crippen LogP contribution in [-0.4, -0.2) is 23.9 Å². The van der Waals surface area contributed by atoms with Crippen LogP contribution in [0.15, 0.2) is 12.2 Å². The number of hydrogen-bond acceptors (Lipinski definition) is 2. The van der Waals surface area contributed by atoms with E-state index < -0.39 is 0 Å². The van der Waals surface area contributed by atoms with Crippen molar-refractivity contribution in [2.75, 3.05) is 0 Å². The van der Waals surface area contributed by atoms with Gasteiger partial charge in [0.05, 0.1) is 11.8 Å². The molecule has 2 N–H and O–H groups in total. The molecule has 2 amide bonds. The molecule has 1 saturated carbocycles. The van der Waals surface area contributed by atoms with Crippen molar-refractivity contribution in [1.29, 1.82) is 0 Å². The van der Waals surface area contributed by atoms with Gasteiger partial charge in [-0.2, -0.15) is 0 Å². The Bertz CT molecular complexity index is 377. The van der Waals surface area contributed by atoms with Crippen molar-refractivity contribution in [3.8, 4) is 0 Å². The van der Waals surface area contributed by atoms with E-state index in [1.165, 1.54) is 0 Å². The Labute approximate surface area is 121 Å². The number of nitrogens with one attached hydrogen (secondary N) is 2. The molecule has 20 heavy (non-hydrogen) atoms. The maximum Gasteiger partial charge on any atom is 0.224 e. The standard InChI is InChI=1S/C16H26N2O2/c1-9(2)17-15(19)13-11-5-7-12(8-6-11)14(13)16(20)18-10(3)4/h5,7,9-14H,6,8H2,1-4H3,(H,17,19)(H,18,20). The van der Waals surface area contributed by atoms with Crippen molar-refractivity contribution in [2.45, 2.75) is 52.6 Å². The molecule has 4 atom stereocenters. The van der Waals surface area contributed by atoms with E-state index in [4.69, 9.17) is 0 Å². The maximum atomic E-state index is 12.5. The van der Waals surface area contributed by atoms with Gasteiger partial charge in [0, 0.05) is 12.1 Å². The first-order valence-electron chi connectivity index (χ1n) is 7.69. The third-order valence-electron chi connectivity index (χ3n) is 4.22. The zero-order valence-corrected chi connectivity index (χ0v) is 12.8. The molecule has 3 aliphatic carbocycles. The summed E-state index contributed by atoms with van der Waals surface area (Å²) in [6, 6.07) is 0.224. The fourth-order valence-corrected chi connectivity index (χ4v) is 3.47. The smallest absolute Gasteiger partial charge is 0.224 e. The van der Waals surface area contributed by atoms with Crippen LogP contribution in [0.5, 0.6) is 0 Å². The third kappa shape index (κ3) is 3.05. The lowest BCUT2D eigenvalue weighted by Crippen LogP contribution is -2.53. The van der Waals surface area contributed by atoms with E-state index >= 15 is 0 Å². The normalized spacial score (nSPS) is 31.7. The van der Waals surface area contributed by atoms with Crippen molar-refractivity contribution in [2.24, 2.45) is 23.7 Å². The zero-order chi connectivity index (χ0) is 14.9. The molecule has 0 saturated heterocycles. The first-order valence-corrected chi connectivity index (χ1v) is 7.69. The van der Waals surface area contributed by atoms with Gasteiger partial charge >= 0.3 is 0 Å². The van der Waals surface area contributed by atoms with Crippen LogP contribution in [0.1, 0.15) is 40.5 Å². The van der Waals surface area contributed by atoms with Gasteiger partial charge in [0.1, 0.15) is 0 Å². The summed E-state index contributed by atoms with van der Waals surface area (Å²) in [7, 11) is 0. The second-order valence-electron chi connectivity index (χ2n) is 6.67. The van der Waals surface area contributed by atoms with Crippen LogP contribution >= 0.6 is 0 Å². The molecule has 0 radical (unpaired) electrons. The lowest BCUT2D eigenvalue weighted by Gasteiger charge is -2.43. The van der Waals surface area contributed by atoms with Gasteiger partial charge in [-0.05, 0) is 52.4 Å². The predicted octanol–water partition coefficient (Wildman–Crippen LogP) is 1.86. The molecule has 112 valence electrons. The number of amides is 2. The molecule has 0 aromatic heterocycles. The Morgan fingerprint density at radius 2 is 1.20 bits per heavy atom.